The SMILES string of the molecule is CCOc1ccc(NC(=O)c2ccc(NC(=O)NC(C)C)cc2)cc1S(=O)(=O)N(CC)CC. The minimum absolute atomic E-state index is 0.000368. The topological polar surface area (TPSA) is 117 Å². The fraction of sp³-hybridized carbons (Fsp3) is 0.391. The van der Waals surface area contributed by atoms with Gasteiger partial charge in [0.25, 0.3) is 5.91 Å². The molecule has 0 bridgehead atoms. The highest BCUT2D eigenvalue weighted by molar-refractivity contribution is 7.89. The van der Waals surface area contributed by atoms with Crippen LogP contribution in [0, 0.1) is 0 Å². The van der Waals surface area contributed by atoms with Crippen LogP contribution in [0.1, 0.15) is 45.0 Å². The Morgan fingerprint density at radius 2 is 1.55 bits per heavy atom. The van der Waals surface area contributed by atoms with Gasteiger partial charge in [-0.05, 0) is 63.2 Å². The van der Waals surface area contributed by atoms with Gasteiger partial charge >= 0.3 is 6.03 Å². The summed E-state index contributed by atoms with van der Waals surface area (Å²) in [5, 5.41) is 8.13. The summed E-state index contributed by atoms with van der Waals surface area (Å²) in [7, 11) is -3.79. The monoisotopic (exact) mass is 476 g/mol. The molecule has 0 spiro atoms. The Hall–Kier alpha value is -3.11. The molecule has 0 heterocycles. The molecule has 3 amide bonds. The highest BCUT2D eigenvalue weighted by atomic mass is 32.2. The Labute approximate surface area is 195 Å². The highest BCUT2D eigenvalue weighted by Crippen LogP contribution is 2.30. The van der Waals surface area contributed by atoms with Crippen molar-refractivity contribution < 1.29 is 22.7 Å². The summed E-state index contributed by atoms with van der Waals surface area (Å²) in [5.41, 5.74) is 1.22. The molecule has 0 aromatic heterocycles. The van der Waals surface area contributed by atoms with Gasteiger partial charge in [0, 0.05) is 36.1 Å². The molecule has 0 radical (unpaired) electrons. The van der Waals surface area contributed by atoms with Crippen molar-refractivity contribution in [3.8, 4) is 5.75 Å². The lowest BCUT2D eigenvalue weighted by Crippen LogP contribution is -2.34. The third kappa shape index (κ3) is 6.93. The summed E-state index contributed by atoms with van der Waals surface area (Å²) in [6.07, 6.45) is 0. The summed E-state index contributed by atoms with van der Waals surface area (Å²) >= 11 is 0. The fourth-order valence-electron chi connectivity index (χ4n) is 3.10. The maximum absolute atomic E-state index is 13.1. The first-order valence-electron chi connectivity index (χ1n) is 10.9. The third-order valence-electron chi connectivity index (χ3n) is 4.65. The zero-order valence-electron chi connectivity index (χ0n) is 19.6. The minimum atomic E-state index is -3.79. The molecule has 0 aliphatic carbocycles. The van der Waals surface area contributed by atoms with E-state index in [0.29, 0.717) is 36.6 Å². The van der Waals surface area contributed by atoms with Gasteiger partial charge in [-0.1, -0.05) is 13.8 Å². The normalized spacial score (nSPS) is 11.4. The molecule has 0 aliphatic heterocycles. The van der Waals surface area contributed by atoms with Crippen LogP contribution in [0.4, 0.5) is 16.2 Å². The number of anilines is 2. The Morgan fingerprint density at radius 3 is 2.09 bits per heavy atom. The number of hydrogen-bond acceptors (Lipinski definition) is 5. The minimum Gasteiger partial charge on any atom is -0.492 e. The molecule has 2 rings (SSSR count). The van der Waals surface area contributed by atoms with Crippen molar-refractivity contribution >= 4 is 33.3 Å². The first-order chi connectivity index (χ1) is 15.6. The second-order valence-electron chi connectivity index (χ2n) is 7.47. The van der Waals surface area contributed by atoms with Crippen LogP contribution in [-0.4, -0.2) is 50.4 Å². The van der Waals surface area contributed by atoms with Crippen molar-refractivity contribution in [2.24, 2.45) is 0 Å². The number of amides is 3. The zero-order chi connectivity index (χ0) is 24.6. The number of carbonyl (C=O) groups is 2. The lowest BCUT2D eigenvalue weighted by Gasteiger charge is -2.21. The Morgan fingerprint density at radius 1 is 0.939 bits per heavy atom. The molecule has 180 valence electrons. The molecular formula is C23H32N4O5S. The molecule has 10 heteroatoms. The highest BCUT2D eigenvalue weighted by Gasteiger charge is 2.26. The van der Waals surface area contributed by atoms with E-state index in [1.807, 2.05) is 13.8 Å². The van der Waals surface area contributed by atoms with Gasteiger partial charge < -0.3 is 20.7 Å². The van der Waals surface area contributed by atoms with E-state index in [-0.39, 0.29) is 22.7 Å². The van der Waals surface area contributed by atoms with Crippen molar-refractivity contribution in [1.82, 2.24) is 9.62 Å². The Bertz CT molecular complexity index is 1060. The number of hydrogen-bond donors (Lipinski definition) is 3. The van der Waals surface area contributed by atoms with Crippen LogP contribution in [-0.2, 0) is 10.0 Å². The largest absolute Gasteiger partial charge is 0.492 e. The first kappa shape index (κ1) is 26.1. The number of benzene rings is 2. The number of ether oxygens (including phenoxy) is 1. The van der Waals surface area contributed by atoms with E-state index in [1.54, 1.807) is 51.1 Å². The lowest BCUT2D eigenvalue weighted by molar-refractivity contribution is 0.102. The molecule has 0 unspecified atom stereocenters. The number of rotatable bonds is 10. The Kier molecular flexibility index (Phi) is 9.24. The summed E-state index contributed by atoms with van der Waals surface area (Å²) < 4.78 is 33.0. The molecule has 0 atom stereocenters. The molecule has 3 N–H and O–H groups in total. The third-order valence-corrected chi connectivity index (χ3v) is 6.72. The lowest BCUT2D eigenvalue weighted by atomic mass is 10.2. The summed E-state index contributed by atoms with van der Waals surface area (Å²) in [5.74, 6) is -0.180. The quantitative estimate of drug-likeness (QED) is 0.481. The number of urea groups is 1. The maximum atomic E-state index is 13.1. The van der Waals surface area contributed by atoms with Crippen LogP contribution >= 0.6 is 0 Å². The van der Waals surface area contributed by atoms with Gasteiger partial charge in [0.1, 0.15) is 10.6 Å². The van der Waals surface area contributed by atoms with Gasteiger partial charge in [-0.2, -0.15) is 4.31 Å². The van der Waals surface area contributed by atoms with E-state index in [4.69, 9.17) is 4.74 Å². The summed E-state index contributed by atoms with van der Waals surface area (Å²) in [6.45, 7) is 9.94. The Balaban J connectivity index is 2.23. The molecule has 2 aromatic carbocycles. The number of nitrogens with zero attached hydrogens (tertiary/aromatic N) is 1. The maximum Gasteiger partial charge on any atom is 0.319 e. The van der Waals surface area contributed by atoms with Gasteiger partial charge in [0.2, 0.25) is 10.0 Å². The van der Waals surface area contributed by atoms with E-state index in [2.05, 4.69) is 16.0 Å². The van der Waals surface area contributed by atoms with Gasteiger partial charge in [-0.3, -0.25) is 4.79 Å². The molecule has 0 saturated carbocycles. The van der Waals surface area contributed by atoms with Crippen molar-refractivity contribution in [3.05, 3.63) is 48.0 Å². The zero-order valence-corrected chi connectivity index (χ0v) is 20.5. The van der Waals surface area contributed by atoms with Gasteiger partial charge in [0.15, 0.2) is 0 Å². The molecular weight excluding hydrogens is 444 g/mol. The number of sulfonamides is 1. The van der Waals surface area contributed by atoms with Gasteiger partial charge in [-0.15, -0.1) is 0 Å². The molecule has 0 aliphatic rings. The smallest absolute Gasteiger partial charge is 0.319 e. The van der Waals surface area contributed by atoms with Crippen molar-refractivity contribution in [3.63, 3.8) is 0 Å². The number of carbonyl (C=O) groups excluding carboxylic acids is 2. The van der Waals surface area contributed by atoms with E-state index in [9.17, 15) is 18.0 Å². The van der Waals surface area contributed by atoms with Crippen LogP contribution in [0.25, 0.3) is 0 Å². The molecule has 33 heavy (non-hydrogen) atoms. The molecule has 0 saturated heterocycles. The van der Waals surface area contributed by atoms with Crippen LogP contribution < -0.4 is 20.7 Å². The van der Waals surface area contributed by atoms with Crippen LogP contribution in [0.2, 0.25) is 0 Å². The van der Waals surface area contributed by atoms with E-state index in [0.717, 1.165) is 0 Å². The summed E-state index contributed by atoms with van der Waals surface area (Å²) in [4.78, 5) is 24.5. The first-order valence-corrected chi connectivity index (χ1v) is 12.3. The summed E-state index contributed by atoms with van der Waals surface area (Å²) in [6, 6.07) is 10.6. The molecule has 0 fully saturated rings. The van der Waals surface area contributed by atoms with E-state index >= 15 is 0 Å². The molecule has 9 nitrogen and oxygen atoms in total. The standard InChI is InChI=1S/C23H32N4O5S/c1-6-27(7-2)33(30,31)21-15-19(13-14-20(21)32-8-3)25-22(28)17-9-11-18(12-10-17)26-23(29)24-16(4)5/h9-16H,6-8H2,1-5H3,(H,25,28)(H2,24,26,29). The second kappa shape index (κ2) is 11.7. The van der Waals surface area contributed by atoms with Gasteiger partial charge in [-0.25, -0.2) is 13.2 Å². The van der Waals surface area contributed by atoms with Crippen molar-refractivity contribution in [2.45, 2.75) is 45.6 Å². The van der Waals surface area contributed by atoms with Gasteiger partial charge in [0.05, 0.1) is 6.61 Å². The van der Waals surface area contributed by atoms with Crippen LogP contribution in [0.3, 0.4) is 0 Å². The fourth-order valence-corrected chi connectivity index (χ4v) is 4.72. The van der Waals surface area contributed by atoms with E-state index < -0.39 is 15.9 Å². The van der Waals surface area contributed by atoms with Crippen molar-refractivity contribution in [1.29, 1.82) is 0 Å². The van der Waals surface area contributed by atoms with Crippen LogP contribution in [0.15, 0.2) is 47.4 Å². The molecule has 2 aromatic rings. The number of nitrogens with one attached hydrogen (secondary N) is 3. The predicted molar refractivity (Wildman–Crippen MR) is 129 cm³/mol. The average Bonchev–Trinajstić information content (AvgIpc) is 2.75. The average molecular weight is 477 g/mol. The predicted octanol–water partition coefficient (Wildman–Crippen LogP) is 3.90. The van der Waals surface area contributed by atoms with E-state index in [1.165, 1.54) is 16.4 Å². The second-order valence-corrected chi connectivity index (χ2v) is 9.37. The van der Waals surface area contributed by atoms with Crippen molar-refractivity contribution in [2.75, 3.05) is 30.3 Å². The van der Waals surface area contributed by atoms with Crippen LogP contribution in [0.5, 0.6) is 5.75 Å².